The largest absolute Gasteiger partial charge is 0.317 e. The molecular weight excluding hydrogens is 272 g/mol. The van der Waals surface area contributed by atoms with Gasteiger partial charge in [0.15, 0.2) is 9.84 Å². The standard InChI is InChI=1S/C13H19F2NO2S/c1-10(16-2)5-3-4-8-19(17,18)13-9-11(14)6-7-12(13)15/h6-7,9-10,16H,3-5,8H2,1-2H3. The van der Waals surface area contributed by atoms with Crippen molar-refractivity contribution in [2.45, 2.75) is 37.1 Å². The van der Waals surface area contributed by atoms with Crippen LogP contribution in [0.5, 0.6) is 0 Å². The molecule has 19 heavy (non-hydrogen) atoms. The molecule has 0 bridgehead atoms. The molecule has 1 aromatic carbocycles. The zero-order chi connectivity index (χ0) is 14.5. The predicted molar refractivity (Wildman–Crippen MR) is 70.8 cm³/mol. The SMILES string of the molecule is CNC(C)CCCCS(=O)(=O)c1cc(F)ccc1F. The van der Waals surface area contributed by atoms with E-state index in [1.165, 1.54) is 0 Å². The number of rotatable bonds is 7. The Morgan fingerprint density at radius 2 is 1.95 bits per heavy atom. The fraction of sp³-hybridized carbons (Fsp3) is 0.538. The summed E-state index contributed by atoms with van der Waals surface area (Å²) < 4.78 is 50.2. The third-order valence-electron chi connectivity index (χ3n) is 3.02. The topological polar surface area (TPSA) is 46.2 Å². The molecule has 0 fully saturated rings. The molecule has 0 aliphatic carbocycles. The van der Waals surface area contributed by atoms with Crippen molar-refractivity contribution in [3.8, 4) is 0 Å². The van der Waals surface area contributed by atoms with Crippen LogP contribution >= 0.6 is 0 Å². The maximum Gasteiger partial charge on any atom is 0.181 e. The zero-order valence-corrected chi connectivity index (χ0v) is 11.9. The van der Waals surface area contributed by atoms with E-state index in [1.54, 1.807) is 0 Å². The smallest absolute Gasteiger partial charge is 0.181 e. The quantitative estimate of drug-likeness (QED) is 0.785. The molecule has 0 saturated heterocycles. The molecule has 1 unspecified atom stereocenters. The Bertz CT molecular complexity index is 517. The lowest BCUT2D eigenvalue weighted by Gasteiger charge is -2.10. The molecular formula is C13H19F2NO2S. The number of nitrogens with one attached hydrogen (secondary N) is 1. The summed E-state index contributed by atoms with van der Waals surface area (Å²) in [5.74, 6) is -1.81. The van der Waals surface area contributed by atoms with E-state index >= 15 is 0 Å². The molecule has 0 aliphatic rings. The second-order valence-electron chi connectivity index (χ2n) is 4.58. The van der Waals surface area contributed by atoms with Gasteiger partial charge in [0.1, 0.15) is 16.5 Å². The van der Waals surface area contributed by atoms with Gasteiger partial charge in [-0.05, 0) is 45.0 Å². The molecule has 108 valence electrons. The summed E-state index contributed by atoms with van der Waals surface area (Å²) in [4.78, 5) is -0.547. The molecule has 0 heterocycles. The van der Waals surface area contributed by atoms with Gasteiger partial charge in [0.05, 0.1) is 5.75 Å². The van der Waals surface area contributed by atoms with Crippen LogP contribution in [0.1, 0.15) is 26.2 Å². The van der Waals surface area contributed by atoms with Crippen LogP contribution in [0.4, 0.5) is 8.78 Å². The van der Waals surface area contributed by atoms with Crippen molar-refractivity contribution >= 4 is 9.84 Å². The maximum atomic E-state index is 13.4. The van der Waals surface area contributed by atoms with Crippen LogP contribution in [0.25, 0.3) is 0 Å². The normalized spacial score (nSPS) is 13.5. The minimum absolute atomic E-state index is 0.163. The Morgan fingerprint density at radius 3 is 2.58 bits per heavy atom. The van der Waals surface area contributed by atoms with Crippen LogP contribution in [-0.4, -0.2) is 27.3 Å². The van der Waals surface area contributed by atoms with Crippen LogP contribution < -0.4 is 5.32 Å². The van der Waals surface area contributed by atoms with Gasteiger partial charge in [0, 0.05) is 6.04 Å². The average Bonchev–Trinajstić information content (AvgIpc) is 2.37. The Morgan fingerprint density at radius 1 is 1.26 bits per heavy atom. The highest BCUT2D eigenvalue weighted by Crippen LogP contribution is 2.18. The molecule has 3 nitrogen and oxygen atoms in total. The van der Waals surface area contributed by atoms with Crippen molar-refractivity contribution in [1.82, 2.24) is 5.32 Å². The van der Waals surface area contributed by atoms with E-state index in [9.17, 15) is 17.2 Å². The van der Waals surface area contributed by atoms with E-state index in [4.69, 9.17) is 0 Å². The lowest BCUT2D eigenvalue weighted by molar-refractivity contribution is 0.529. The van der Waals surface area contributed by atoms with Crippen molar-refractivity contribution in [1.29, 1.82) is 0 Å². The van der Waals surface area contributed by atoms with Crippen molar-refractivity contribution < 1.29 is 17.2 Å². The number of unbranched alkanes of at least 4 members (excludes halogenated alkanes) is 1. The highest BCUT2D eigenvalue weighted by molar-refractivity contribution is 7.91. The summed E-state index contributed by atoms with van der Waals surface area (Å²) in [6.45, 7) is 2.00. The lowest BCUT2D eigenvalue weighted by atomic mass is 10.1. The van der Waals surface area contributed by atoms with E-state index in [0.29, 0.717) is 12.5 Å². The zero-order valence-electron chi connectivity index (χ0n) is 11.1. The van der Waals surface area contributed by atoms with Crippen molar-refractivity contribution in [2.24, 2.45) is 0 Å². The number of hydrogen-bond acceptors (Lipinski definition) is 3. The predicted octanol–water partition coefficient (Wildman–Crippen LogP) is 2.52. The molecule has 1 rings (SSSR count). The molecule has 0 radical (unpaired) electrons. The monoisotopic (exact) mass is 291 g/mol. The summed E-state index contributed by atoms with van der Waals surface area (Å²) in [5.41, 5.74) is 0. The molecule has 6 heteroatoms. The lowest BCUT2D eigenvalue weighted by Crippen LogP contribution is -2.21. The van der Waals surface area contributed by atoms with Crippen LogP contribution in [-0.2, 0) is 9.84 Å². The Hall–Kier alpha value is -1.01. The molecule has 0 spiro atoms. The summed E-state index contributed by atoms with van der Waals surface area (Å²) in [5, 5.41) is 3.05. The third kappa shape index (κ3) is 4.87. The van der Waals surface area contributed by atoms with Gasteiger partial charge in [-0.3, -0.25) is 0 Å². The van der Waals surface area contributed by atoms with Gasteiger partial charge in [-0.1, -0.05) is 6.42 Å². The molecule has 0 aliphatic heterocycles. The van der Waals surface area contributed by atoms with Crippen LogP contribution in [0.15, 0.2) is 23.1 Å². The van der Waals surface area contributed by atoms with E-state index in [1.807, 2.05) is 14.0 Å². The third-order valence-corrected chi connectivity index (χ3v) is 4.83. The number of hydrogen-bond donors (Lipinski definition) is 1. The van der Waals surface area contributed by atoms with Crippen LogP contribution in [0.3, 0.4) is 0 Å². The van der Waals surface area contributed by atoms with E-state index in [2.05, 4.69) is 5.32 Å². The molecule has 0 amide bonds. The van der Waals surface area contributed by atoms with Gasteiger partial charge in [0.25, 0.3) is 0 Å². The second-order valence-corrected chi connectivity index (χ2v) is 6.66. The number of benzene rings is 1. The highest BCUT2D eigenvalue weighted by Gasteiger charge is 2.19. The first-order valence-electron chi connectivity index (χ1n) is 6.22. The molecule has 0 saturated carbocycles. The summed E-state index contributed by atoms with van der Waals surface area (Å²) in [6.07, 6.45) is 2.00. The Labute approximate surface area is 112 Å². The summed E-state index contributed by atoms with van der Waals surface area (Å²) in [7, 11) is -1.92. The number of halogens is 2. The van der Waals surface area contributed by atoms with Gasteiger partial charge in [-0.25, -0.2) is 17.2 Å². The van der Waals surface area contributed by atoms with Crippen LogP contribution in [0, 0.1) is 11.6 Å². The van der Waals surface area contributed by atoms with Crippen LogP contribution in [0.2, 0.25) is 0 Å². The number of sulfone groups is 1. The Balaban J connectivity index is 2.64. The molecule has 1 N–H and O–H groups in total. The van der Waals surface area contributed by atoms with Gasteiger partial charge in [-0.15, -0.1) is 0 Å². The minimum atomic E-state index is -3.75. The van der Waals surface area contributed by atoms with Crippen molar-refractivity contribution in [2.75, 3.05) is 12.8 Å². The van der Waals surface area contributed by atoms with Gasteiger partial charge < -0.3 is 5.32 Å². The first kappa shape index (κ1) is 16.0. The first-order chi connectivity index (χ1) is 8.86. The maximum absolute atomic E-state index is 13.4. The van der Waals surface area contributed by atoms with Gasteiger partial charge in [-0.2, -0.15) is 0 Å². The average molecular weight is 291 g/mol. The molecule has 1 atom stereocenters. The van der Waals surface area contributed by atoms with Crippen molar-refractivity contribution in [3.05, 3.63) is 29.8 Å². The van der Waals surface area contributed by atoms with Gasteiger partial charge >= 0.3 is 0 Å². The van der Waals surface area contributed by atoms with E-state index in [-0.39, 0.29) is 5.75 Å². The molecule has 0 aromatic heterocycles. The van der Waals surface area contributed by atoms with Gasteiger partial charge in [0.2, 0.25) is 0 Å². The van der Waals surface area contributed by atoms with E-state index < -0.39 is 26.4 Å². The first-order valence-corrected chi connectivity index (χ1v) is 7.87. The molecule has 1 aromatic rings. The minimum Gasteiger partial charge on any atom is -0.317 e. The summed E-state index contributed by atoms with van der Waals surface area (Å²) in [6, 6.07) is 2.79. The fourth-order valence-electron chi connectivity index (χ4n) is 1.71. The highest BCUT2D eigenvalue weighted by atomic mass is 32.2. The van der Waals surface area contributed by atoms with Crippen molar-refractivity contribution in [3.63, 3.8) is 0 Å². The van der Waals surface area contributed by atoms with E-state index in [0.717, 1.165) is 31.0 Å². The Kier molecular flexibility index (Phi) is 5.87. The summed E-state index contributed by atoms with van der Waals surface area (Å²) >= 11 is 0. The fourth-order valence-corrected chi connectivity index (χ4v) is 3.17. The second kappa shape index (κ2) is 6.96.